The molecule has 27 heavy (non-hydrogen) atoms. The van der Waals surface area contributed by atoms with E-state index in [9.17, 15) is 26.3 Å². The quantitative estimate of drug-likeness (QED) is 0.452. The largest absolute Gasteiger partial charge is 0.435 e. The van der Waals surface area contributed by atoms with Crippen LogP contribution in [0.5, 0.6) is 0 Å². The maximum absolute atomic E-state index is 13.0. The van der Waals surface area contributed by atoms with Crippen molar-refractivity contribution in [3.63, 3.8) is 0 Å². The van der Waals surface area contributed by atoms with E-state index in [2.05, 4.69) is 20.7 Å². The van der Waals surface area contributed by atoms with Gasteiger partial charge in [0.15, 0.2) is 11.7 Å². The molecular weight excluding hydrogens is 378 g/mol. The van der Waals surface area contributed by atoms with Gasteiger partial charge in [0, 0.05) is 44.5 Å². The number of aliphatic imine (C=N–C) groups is 1. The van der Waals surface area contributed by atoms with Crippen molar-refractivity contribution in [1.29, 1.82) is 0 Å². The molecule has 0 spiro atoms. The smallest absolute Gasteiger partial charge is 0.357 e. The molecule has 0 aromatic carbocycles. The summed E-state index contributed by atoms with van der Waals surface area (Å²) in [7, 11) is 1.39. The minimum atomic E-state index is -4.58. The Labute approximate surface area is 152 Å². The number of alkyl halides is 6. The minimum Gasteiger partial charge on any atom is -0.357 e. The van der Waals surface area contributed by atoms with Gasteiger partial charge in [-0.2, -0.15) is 31.4 Å². The van der Waals surface area contributed by atoms with E-state index in [0.717, 1.165) is 4.68 Å². The van der Waals surface area contributed by atoms with Crippen LogP contribution < -0.4 is 10.6 Å². The predicted octanol–water partition coefficient (Wildman–Crippen LogP) is 2.13. The van der Waals surface area contributed by atoms with Crippen LogP contribution in [0.15, 0.2) is 11.2 Å². The maximum Gasteiger partial charge on any atom is 0.435 e. The second-order valence-electron chi connectivity index (χ2n) is 6.35. The number of nitrogens with zero attached hydrogens (tertiary/aromatic N) is 4. The third-order valence-corrected chi connectivity index (χ3v) is 3.94. The van der Waals surface area contributed by atoms with Crippen molar-refractivity contribution in [2.45, 2.75) is 38.3 Å². The van der Waals surface area contributed by atoms with E-state index >= 15 is 0 Å². The number of halogens is 6. The summed E-state index contributed by atoms with van der Waals surface area (Å²) in [5.74, 6) is 0.258. The van der Waals surface area contributed by atoms with Crippen LogP contribution in [-0.2, 0) is 19.8 Å². The standard InChI is InChI=1S/C15H22F6N6/c1-3-22-13(24-11-4-5-27(8-11)9-14(16,17)18)23-6-10-7-26(2)25-12(10)15(19,20)21/h7,11H,3-6,8-9H2,1-2H3,(H2,22,23,24). The number of nitrogens with one attached hydrogen (secondary N) is 2. The van der Waals surface area contributed by atoms with E-state index in [-0.39, 0.29) is 37.2 Å². The molecule has 2 heterocycles. The fourth-order valence-corrected chi connectivity index (χ4v) is 2.92. The molecular formula is C15H22F6N6. The molecule has 0 bridgehead atoms. The van der Waals surface area contributed by atoms with Crippen molar-refractivity contribution >= 4 is 5.96 Å². The molecule has 1 aromatic heterocycles. The highest BCUT2D eigenvalue weighted by Gasteiger charge is 2.37. The molecule has 2 rings (SSSR count). The summed E-state index contributed by atoms with van der Waals surface area (Å²) in [4.78, 5) is 5.42. The summed E-state index contributed by atoms with van der Waals surface area (Å²) in [6.07, 6.45) is -7.11. The van der Waals surface area contributed by atoms with E-state index < -0.39 is 24.6 Å². The van der Waals surface area contributed by atoms with Crippen molar-refractivity contribution in [2.75, 3.05) is 26.2 Å². The van der Waals surface area contributed by atoms with Gasteiger partial charge < -0.3 is 10.6 Å². The van der Waals surface area contributed by atoms with E-state index in [1.807, 2.05) is 0 Å². The van der Waals surface area contributed by atoms with Crippen LogP contribution in [0.25, 0.3) is 0 Å². The van der Waals surface area contributed by atoms with E-state index in [1.165, 1.54) is 18.1 Å². The summed E-state index contributed by atoms with van der Waals surface area (Å²) >= 11 is 0. The average molecular weight is 400 g/mol. The first-order valence-corrected chi connectivity index (χ1v) is 8.41. The maximum atomic E-state index is 13.0. The third-order valence-electron chi connectivity index (χ3n) is 3.94. The Morgan fingerprint density at radius 1 is 1.30 bits per heavy atom. The van der Waals surface area contributed by atoms with Gasteiger partial charge in [0.1, 0.15) is 0 Å². The molecule has 1 aliphatic heterocycles. The fraction of sp³-hybridized carbons (Fsp3) is 0.733. The van der Waals surface area contributed by atoms with Crippen molar-refractivity contribution in [2.24, 2.45) is 12.0 Å². The third kappa shape index (κ3) is 6.60. The van der Waals surface area contributed by atoms with Crippen LogP contribution in [0.2, 0.25) is 0 Å². The predicted molar refractivity (Wildman–Crippen MR) is 87.1 cm³/mol. The Hall–Kier alpha value is -1.98. The second kappa shape index (κ2) is 8.36. The highest BCUT2D eigenvalue weighted by molar-refractivity contribution is 5.80. The van der Waals surface area contributed by atoms with Gasteiger partial charge in [0.25, 0.3) is 0 Å². The van der Waals surface area contributed by atoms with E-state index in [1.54, 1.807) is 6.92 Å². The molecule has 1 aliphatic rings. The molecule has 1 unspecified atom stereocenters. The van der Waals surface area contributed by atoms with Gasteiger partial charge in [-0.15, -0.1) is 0 Å². The topological polar surface area (TPSA) is 57.5 Å². The zero-order valence-corrected chi connectivity index (χ0v) is 15.0. The van der Waals surface area contributed by atoms with Crippen molar-refractivity contribution in [3.05, 3.63) is 17.5 Å². The van der Waals surface area contributed by atoms with E-state index in [0.29, 0.717) is 13.0 Å². The molecule has 1 fully saturated rings. The number of likely N-dealkylation sites (tertiary alicyclic amines) is 1. The SMILES string of the molecule is CCNC(=NCc1cn(C)nc1C(F)(F)F)NC1CCN(CC(F)(F)F)C1. The van der Waals surface area contributed by atoms with Gasteiger partial charge in [-0.3, -0.25) is 9.58 Å². The first-order valence-electron chi connectivity index (χ1n) is 8.41. The number of hydrogen-bond donors (Lipinski definition) is 2. The highest BCUT2D eigenvalue weighted by Crippen LogP contribution is 2.30. The fourth-order valence-electron chi connectivity index (χ4n) is 2.92. The Morgan fingerprint density at radius 2 is 2.00 bits per heavy atom. The van der Waals surface area contributed by atoms with Crippen LogP contribution in [0.1, 0.15) is 24.6 Å². The molecule has 12 heteroatoms. The number of aryl methyl sites for hydroxylation is 1. The van der Waals surface area contributed by atoms with E-state index in [4.69, 9.17) is 0 Å². The average Bonchev–Trinajstić information content (AvgIpc) is 3.09. The molecule has 0 amide bonds. The van der Waals surface area contributed by atoms with Crippen molar-refractivity contribution in [3.8, 4) is 0 Å². The van der Waals surface area contributed by atoms with Crippen molar-refractivity contribution in [1.82, 2.24) is 25.3 Å². The minimum absolute atomic E-state index is 0.0766. The summed E-state index contributed by atoms with van der Waals surface area (Å²) in [5, 5.41) is 9.31. The normalized spacial score (nSPS) is 19.6. The van der Waals surface area contributed by atoms with Gasteiger partial charge in [0.05, 0.1) is 13.1 Å². The van der Waals surface area contributed by atoms with Gasteiger partial charge in [-0.05, 0) is 13.3 Å². The van der Waals surface area contributed by atoms with Gasteiger partial charge in [-0.1, -0.05) is 0 Å². The zero-order chi connectivity index (χ0) is 20.2. The van der Waals surface area contributed by atoms with Gasteiger partial charge in [-0.25, -0.2) is 4.99 Å². The molecule has 1 atom stereocenters. The van der Waals surface area contributed by atoms with Crippen LogP contribution in [-0.4, -0.2) is 59.0 Å². The molecule has 1 saturated heterocycles. The Morgan fingerprint density at radius 3 is 2.59 bits per heavy atom. The summed E-state index contributed by atoms with van der Waals surface area (Å²) in [5.41, 5.74) is -1.07. The lowest BCUT2D eigenvalue weighted by Gasteiger charge is -2.19. The molecule has 154 valence electrons. The highest BCUT2D eigenvalue weighted by atomic mass is 19.4. The van der Waals surface area contributed by atoms with Crippen LogP contribution in [0.4, 0.5) is 26.3 Å². The van der Waals surface area contributed by atoms with Crippen molar-refractivity contribution < 1.29 is 26.3 Å². The number of rotatable bonds is 5. The number of aromatic nitrogens is 2. The lowest BCUT2D eigenvalue weighted by atomic mass is 10.2. The van der Waals surface area contributed by atoms with Gasteiger partial charge in [0.2, 0.25) is 0 Å². The Kier molecular flexibility index (Phi) is 6.60. The summed E-state index contributed by atoms with van der Waals surface area (Å²) in [6, 6.07) is -0.263. The molecule has 0 radical (unpaired) electrons. The monoisotopic (exact) mass is 400 g/mol. The molecule has 6 nitrogen and oxygen atoms in total. The first-order chi connectivity index (χ1) is 12.5. The summed E-state index contributed by atoms with van der Waals surface area (Å²) in [6.45, 7) is 1.49. The Bertz CT molecular complexity index is 650. The lowest BCUT2D eigenvalue weighted by Crippen LogP contribution is -2.45. The van der Waals surface area contributed by atoms with Crippen LogP contribution in [0.3, 0.4) is 0 Å². The van der Waals surface area contributed by atoms with Crippen LogP contribution >= 0.6 is 0 Å². The number of hydrogen-bond acceptors (Lipinski definition) is 3. The summed E-state index contributed by atoms with van der Waals surface area (Å²) < 4.78 is 77.4. The second-order valence-corrected chi connectivity index (χ2v) is 6.35. The molecule has 0 aliphatic carbocycles. The van der Waals surface area contributed by atoms with Gasteiger partial charge >= 0.3 is 12.4 Å². The first kappa shape index (κ1) is 21.3. The zero-order valence-electron chi connectivity index (χ0n) is 15.0. The molecule has 2 N–H and O–H groups in total. The number of guanidine groups is 1. The van der Waals surface area contributed by atoms with Crippen LogP contribution in [0, 0.1) is 0 Å². The molecule has 1 aromatic rings. The molecule has 0 saturated carbocycles. The lowest BCUT2D eigenvalue weighted by molar-refractivity contribution is -0.143. The Balaban J connectivity index is 2.02.